The van der Waals surface area contributed by atoms with Gasteiger partial charge >= 0.3 is 0 Å². The molecule has 1 rings (SSSR count). The van der Waals surface area contributed by atoms with E-state index in [0.717, 1.165) is 0 Å². The molecule has 6 N–H and O–H groups in total. The van der Waals surface area contributed by atoms with E-state index < -0.39 is 35.7 Å². The van der Waals surface area contributed by atoms with Crippen molar-refractivity contribution in [3.05, 3.63) is 34.9 Å². The SMILES string of the molecule is CNC(=O)CCC(NC(=O)c1cc(C)cc(C(=O)NC(CCC(=O)NC)C(=O)NC)c1)C(=O)NC. The van der Waals surface area contributed by atoms with Gasteiger partial charge in [0.25, 0.3) is 11.8 Å². The zero-order valence-corrected chi connectivity index (χ0v) is 20.7. The summed E-state index contributed by atoms with van der Waals surface area (Å²) in [7, 11) is 5.79. The highest BCUT2D eigenvalue weighted by Crippen LogP contribution is 2.12. The summed E-state index contributed by atoms with van der Waals surface area (Å²) >= 11 is 0. The molecule has 0 aliphatic carbocycles. The molecular weight excluding hydrogens is 456 g/mol. The summed E-state index contributed by atoms with van der Waals surface area (Å²) in [6.45, 7) is 1.69. The van der Waals surface area contributed by atoms with E-state index in [4.69, 9.17) is 0 Å². The molecule has 35 heavy (non-hydrogen) atoms. The third-order valence-electron chi connectivity index (χ3n) is 5.22. The fraction of sp³-hybridized carbons (Fsp3) is 0.478. The minimum atomic E-state index is -0.954. The van der Waals surface area contributed by atoms with Gasteiger partial charge in [-0.1, -0.05) is 0 Å². The van der Waals surface area contributed by atoms with Crippen LogP contribution in [0.5, 0.6) is 0 Å². The van der Waals surface area contributed by atoms with Gasteiger partial charge in [0.1, 0.15) is 12.1 Å². The molecule has 0 heterocycles. The smallest absolute Gasteiger partial charge is 0.251 e. The van der Waals surface area contributed by atoms with Crippen LogP contribution in [0.3, 0.4) is 0 Å². The van der Waals surface area contributed by atoms with Crippen LogP contribution in [0, 0.1) is 6.92 Å². The highest BCUT2D eigenvalue weighted by molar-refractivity contribution is 6.02. The molecule has 12 heteroatoms. The molecule has 0 aliphatic heterocycles. The monoisotopic (exact) mass is 490 g/mol. The number of rotatable bonds is 12. The predicted octanol–water partition coefficient (Wildman–Crippen LogP) is -1.26. The molecule has 6 amide bonds. The van der Waals surface area contributed by atoms with Gasteiger partial charge in [-0.05, 0) is 43.5 Å². The molecule has 0 spiro atoms. The van der Waals surface area contributed by atoms with Crippen molar-refractivity contribution in [3.63, 3.8) is 0 Å². The Hall–Kier alpha value is -3.96. The molecule has 0 saturated heterocycles. The fourth-order valence-corrected chi connectivity index (χ4v) is 3.22. The standard InChI is InChI=1S/C23H34N6O6/c1-13-10-14(20(32)28-16(22(34)26-4)6-8-18(30)24-2)12-15(11-13)21(33)29-17(23(35)27-5)7-9-19(31)25-3/h10-12,16-17H,6-9H2,1-5H3,(H,24,30)(H,25,31)(H,26,34)(H,27,35)(H,28,32)(H,29,33). The topological polar surface area (TPSA) is 175 Å². The van der Waals surface area contributed by atoms with Crippen molar-refractivity contribution in [2.45, 2.75) is 44.7 Å². The van der Waals surface area contributed by atoms with Crippen LogP contribution in [-0.4, -0.2) is 75.7 Å². The minimum Gasteiger partial charge on any atom is -0.359 e. The Morgan fingerprint density at radius 3 is 1.31 bits per heavy atom. The zero-order valence-electron chi connectivity index (χ0n) is 20.7. The third-order valence-corrected chi connectivity index (χ3v) is 5.22. The van der Waals surface area contributed by atoms with Crippen molar-refractivity contribution < 1.29 is 28.8 Å². The van der Waals surface area contributed by atoms with E-state index in [1.165, 1.54) is 34.3 Å². The quantitative estimate of drug-likeness (QED) is 0.213. The summed E-state index contributed by atoms with van der Waals surface area (Å²) in [6.07, 6.45) is 0.243. The lowest BCUT2D eigenvalue weighted by molar-refractivity contribution is -0.125. The predicted molar refractivity (Wildman–Crippen MR) is 128 cm³/mol. The first-order valence-electron chi connectivity index (χ1n) is 11.1. The first-order valence-corrected chi connectivity index (χ1v) is 11.1. The van der Waals surface area contributed by atoms with E-state index in [0.29, 0.717) is 5.56 Å². The summed E-state index contributed by atoms with van der Waals surface area (Å²) in [4.78, 5) is 73.2. The number of benzene rings is 1. The molecule has 0 aliphatic rings. The van der Waals surface area contributed by atoms with Gasteiger partial charge in [0.2, 0.25) is 23.6 Å². The average Bonchev–Trinajstić information content (AvgIpc) is 2.86. The number of amides is 6. The maximum atomic E-state index is 12.9. The summed E-state index contributed by atoms with van der Waals surface area (Å²) in [6, 6.07) is 2.54. The number of hydrogen-bond donors (Lipinski definition) is 6. The van der Waals surface area contributed by atoms with Crippen LogP contribution in [0.15, 0.2) is 18.2 Å². The minimum absolute atomic E-state index is 0.0350. The molecule has 2 atom stereocenters. The van der Waals surface area contributed by atoms with Crippen LogP contribution >= 0.6 is 0 Å². The number of nitrogens with one attached hydrogen (secondary N) is 6. The first kappa shape index (κ1) is 29.1. The molecule has 0 aromatic heterocycles. The van der Waals surface area contributed by atoms with Crippen molar-refractivity contribution in [2.24, 2.45) is 0 Å². The zero-order chi connectivity index (χ0) is 26.5. The lowest BCUT2D eigenvalue weighted by Gasteiger charge is -2.19. The Bertz CT molecular complexity index is 892. The molecule has 0 bridgehead atoms. The van der Waals surface area contributed by atoms with Gasteiger partial charge < -0.3 is 31.9 Å². The number of carbonyl (C=O) groups excluding carboxylic acids is 6. The molecule has 12 nitrogen and oxygen atoms in total. The molecule has 2 unspecified atom stereocenters. The summed E-state index contributed by atoms with van der Waals surface area (Å²) in [5, 5.41) is 15.0. The second kappa shape index (κ2) is 14.3. The number of hydrogen-bond acceptors (Lipinski definition) is 6. The molecule has 0 radical (unpaired) electrons. The highest BCUT2D eigenvalue weighted by Gasteiger charge is 2.24. The van der Waals surface area contributed by atoms with Crippen LogP contribution in [0.25, 0.3) is 0 Å². The van der Waals surface area contributed by atoms with Gasteiger partial charge in [-0.15, -0.1) is 0 Å². The molecular formula is C23H34N6O6. The van der Waals surface area contributed by atoms with Crippen LogP contribution < -0.4 is 31.9 Å². The normalized spacial score (nSPS) is 11.9. The fourth-order valence-electron chi connectivity index (χ4n) is 3.22. The summed E-state index contributed by atoms with van der Waals surface area (Å²) in [5.74, 6) is -2.67. The number of carbonyl (C=O) groups is 6. The molecule has 1 aromatic carbocycles. The van der Waals surface area contributed by atoms with Crippen molar-refractivity contribution in [3.8, 4) is 0 Å². The Morgan fingerprint density at radius 2 is 1.00 bits per heavy atom. The maximum absolute atomic E-state index is 12.9. The van der Waals surface area contributed by atoms with Crippen molar-refractivity contribution in [2.75, 3.05) is 28.2 Å². The van der Waals surface area contributed by atoms with E-state index in [-0.39, 0.29) is 48.6 Å². The van der Waals surface area contributed by atoms with Gasteiger partial charge in [-0.3, -0.25) is 28.8 Å². The van der Waals surface area contributed by atoms with E-state index in [1.807, 2.05) is 0 Å². The van der Waals surface area contributed by atoms with Crippen LogP contribution in [0.1, 0.15) is 52.0 Å². The van der Waals surface area contributed by atoms with Crippen molar-refractivity contribution >= 4 is 35.4 Å². The third kappa shape index (κ3) is 9.43. The van der Waals surface area contributed by atoms with E-state index in [9.17, 15) is 28.8 Å². The van der Waals surface area contributed by atoms with Gasteiger partial charge in [0.05, 0.1) is 0 Å². The largest absolute Gasteiger partial charge is 0.359 e. The number of likely N-dealkylation sites (N-methyl/N-ethyl adjacent to an activating group) is 2. The van der Waals surface area contributed by atoms with Crippen LogP contribution in [-0.2, 0) is 19.2 Å². The first-order chi connectivity index (χ1) is 16.6. The Balaban J connectivity index is 3.05. The molecule has 0 fully saturated rings. The van der Waals surface area contributed by atoms with Gasteiger partial charge in [-0.2, -0.15) is 0 Å². The van der Waals surface area contributed by atoms with E-state index in [2.05, 4.69) is 31.9 Å². The second-order valence-corrected chi connectivity index (χ2v) is 7.79. The van der Waals surface area contributed by atoms with Crippen LogP contribution in [0.4, 0.5) is 0 Å². The maximum Gasteiger partial charge on any atom is 0.251 e. The highest BCUT2D eigenvalue weighted by atomic mass is 16.2. The number of aryl methyl sites for hydroxylation is 1. The Labute approximate surface area is 204 Å². The lowest BCUT2D eigenvalue weighted by Crippen LogP contribution is -2.46. The molecule has 0 saturated carbocycles. The average molecular weight is 491 g/mol. The van der Waals surface area contributed by atoms with Gasteiger partial charge in [0.15, 0.2) is 0 Å². The van der Waals surface area contributed by atoms with E-state index in [1.54, 1.807) is 19.1 Å². The van der Waals surface area contributed by atoms with E-state index >= 15 is 0 Å². The molecule has 1 aromatic rings. The Kier molecular flexibility index (Phi) is 11.9. The van der Waals surface area contributed by atoms with Gasteiger partial charge in [0, 0.05) is 52.2 Å². The molecule has 192 valence electrons. The Morgan fingerprint density at radius 1 is 0.629 bits per heavy atom. The summed E-state index contributed by atoms with van der Waals surface area (Å²) in [5.41, 5.74) is 0.864. The summed E-state index contributed by atoms with van der Waals surface area (Å²) < 4.78 is 0. The second-order valence-electron chi connectivity index (χ2n) is 7.79. The van der Waals surface area contributed by atoms with Crippen LogP contribution in [0.2, 0.25) is 0 Å². The lowest BCUT2D eigenvalue weighted by atomic mass is 10.0. The van der Waals surface area contributed by atoms with Crippen molar-refractivity contribution in [1.82, 2.24) is 31.9 Å². The van der Waals surface area contributed by atoms with Gasteiger partial charge in [-0.25, -0.2) is 0 Å². The van der Waals surface area contributed by atoms with Crippen molar-refractivity contribution in [1.29, 1.82) is 0 Å².